The average Bonchev–Trinajstić information content (AvgIpc) is 2.60. The number of benzene rings is 1. The van der Waals surface area contributed by atoms with Crippen molar-refractivity contribution in [3.63, 3.8) is 0 Å². The van der Waals surface area contributed by atoms with Crippen molar-refractivity contribution in [3.8, 4) is 5.75 Å². The zero-order valence-electron chi connectivity index (χ0n) is 14.2. The Labute approximate surface area is 141 Å². The van der Waals surface area contributed by atoms with E-state index in [1.54, 1.807) is 25.1 Å². The van der Waals surface area contributed by atoms with Crippen LogP contribution in [0.2, 0.25) is 0 Å². The number of Topliss-reactive ketones (excluding diaryl/α,β-unsaturated/α-hetero) is 1. The quantitative estimate of drug-likeness (QED) is 0.415. The normalized spacial score (nSPS) is 13.2. The highest BCUT2D eigenvalue weighted by Gasteiger charge is 2.28. The number of carbonyl (C=O) groups is 3. The second-order valence-corrected chi connectivity index (χ2v) is 5.66. The van der Waals surface area contributed by atoms with E-state index in [1.165, 1.54) is 4.90 Å². The summed E-state index contributed by atoms with van der Waals surface area (Å²) >= 11 is 0. The average molecular weight is 333 g/mol. The van der Waals surface area contributed by atoms with Crippen molar-refractivity contribution >= 4 is 23.3 Å². The summed E-state index contributed by atoms with van der Waals surface area (Å²) in [5.74, 6) is -0.326. The van der Waals surface area contributed by atoms with Crippen LogP contribution in [0.15, 0.2) is 18.2 Å². The molecule has 0 aliphatic carbocycles. The van der Waals surface area contributed by atoms with Gasteiger partial charge in [0.15, 0.2) is 12.4 Å². The number of amides is 1. The van der Waals surface area contributed by atoms with Gasteiger partial charge >= 0.3 is 5.97 Å². The highest BCUT2D eigenvalue weighted by molar-refractivity contribution is 6.03. The van der Waals surface area contributed by atoms with E-state index in [4.69, 9.17) is 9.47 Å². The molecule has 1 aromatic carbocycles. The molecule has 0 unspecified atom stereocenters. The first-order chi connectivity index (χ1) is 11.6. The second kappa shape index (κ2) is 8.47. The number of nitrogens with zero attached hydrogens (tertiary/aromatic N) is 1. The van der Waals surface area contributed by atoms with Crippen molar-refractivity contribution in [2.24, 2.45) is 0 Å². The number of fused-ring (bicyclic) bond motifs is 1. The molecule has 0 atom stereocenters. The van der Waals surface area contributed by atoms with Crippen molar-refractivity contribution in [1.29, 1.82) is 0 Å². The van der Waals surface area contributed by atoms with E-state index in [9.17, 15) is 14.4 Å². The number of hydrogen-bond donors (Lipinski definition) is 0. The van der Waals surface area contributed by atoms with Gasteiger partial charge in [-0.25, -0.2) is 0 Å². The van der Waals surface area contributed by atoms with Crippen molar-refractivity contribution in [3.05, 3.63) is 23.8 Å². The van der Waals surface area contributed by atoms with E-state index in [1.807, 2.05) is 0 Å². The van der Waals surface area contributed by atoms with Crippen LogP contribution in [0.25, 0.3) is 0 Å². The molecule has 1 heterocycles. The van der Waals surface area contributed by atoms with Crippen LogP contribution in [0.5, 0.6) is 5.75 Å². The van der Waals surface area contributed by atoms with Crippen LogP contribution >= 0.6 is 0 Å². The Balaban J connectivity index is 2.11. The minimum absolute atomic E-state index is 0.0297. The molecule has 0 bridgehead atoms. The highest BCUT2D eigenvalue weighted by atomic mass is 16.5. The number of rotatable bonds is 8. The molecule has 1 amide bonds. The lowest BCUT2D eigenvalue weighted by molar-refractivity contribution is -0.143. The van der Waals surface area contributed by atoms with E-state index in [2.05, 4.69) is 6.92 Å². The van der Waals surface area contributed by atoms with Crippen LogP contribution in [0.3, 0.4) is 0 Å². The summed E-state index contributed by atoms with van der Waals surface area (Å²) in [4.78, 5) is 37.3. The molecule has 1 aliphatic rings. The Morgan fingerprint density at radius 3 is 2.75 bits per heavy atom. The fourth-order valence-corrected chi connectivity index (χ4v) is 2.47. The summed E-state index contributed by atoms with van der Waals surface area (Å²) in [6.45, 7) is 3.89. The van der Waals surface area contributed by atoms with Gasteiger partial charge < -0.3 is 9.47 Å². The topological polar surface area (TPSA) is 72.9 Å². The third kappa shape index (κ3) is 4.34. The zero-order valence-corrected chi connectivity index (χ0v) is 14.2. The second-order valence-electron chi connectivity index (χ2n) is 5.66. The number of anilines is 1. The first kappa shape index (κ1) is 18.0. The maximum Gasteiger partial charge on any atom is 0.326 e. The van der Waals surface area contributed by atoms with Gasteiger partial charge in [-0.2, -0.15) is 0 Å². The molecule has 1 aromatic rings. The molecule has 0 N–H and O–H groups in total. The predicted octanol–water partition coefficient (Wildman–Crippen LogP) is 2.74. The van der Waals surface area contributed by atoms with Gasteiger partial charge in [0.25, 0.3) is 5.91 Å². The van der Waals surface area contributed by atoms with E-state index in [0.29, 0.717) is 30.0 Å². The van der Waals surface area contributed by atoms with Gasteiger partial charge in [-0.05, 0) is 24.6 Å². The predicted molar refractivity (Wildman–Crippen MR) is 89.4 cm³/mol. The van der Waals surface area contributed by atoms with Crippen LogP contribution in [-0.4, -0.2) is 37.4 Å². The number of hydrogen-bond acceptors (Lipinski definition) is 5. The van der Waals surface area contributed by atoms with Gasteiger partial charge in [-0.1, -0.05) is 26.7 Å². The number of ether oxygens (including phenoxy) is 2. The number of carbonyl (C=O) groups excluding carboxylic acids is 3. The molecule has 2 rings (SSSR count). The van der Waals surface area contributed by atoms with Crippen LogP contribution < -0.4 is 9.64 Å². The smallest absolute Gasteiger partial charge is 0.326 e. The minimum atomic E-state index is -0.459. The van der Waals surface area contributed by atoms with Crippen LogP contribution in [0.1, 0.15) is 49.9 Å². The third-order valence-corrected chi connectivity index (χ3v) is 3.84. The highest BCUT2D eigenvalue weighted by Crippen LogP contribution is 2.33. The number of esters is 1. The number of unbranched alkanes of at least 4 members (excludes halogenated alkanes) is 2. The Kier molecular flexibility index (Phi) is 6.35. The van der Waals surface area contributed by atoms with E-state index >= 15 is 0 Å². The van der Waals surface area contributed by atoms with E-state index in [0.717, 1.165) is 19.3 Å². The van der Waals surface area contributed by atoms with Gasteiger partial charge in [-0.3, -0.25) is 19.3 Å². The Bertz CT molecular complexity index is 626. The Morgan fingerprint density at radius 2 is 2.04 bits per heavy atom. The molecule has 24 heavy (non-hydrogen) atoms. The summed E-state index contributed by atoms with van der Waals surface area (Å²) in [5.41, 5.74) is 0.937. The lowest BCUT2D eigenvalue weighted by Crippen LogP contribution is -2.42. The molecule has 130 valence electrons. The van der Waals surface area contributed by atoms with Crippen molar-refractivity contribution < 1.29 is 23.9 Å². The van der Waals surface area contributed by atoms with Crippen LogP contribution in [0, 0.1) is 0 Å². The molecule has 0 fully saturated rings. The molecule has 0 radical (unpaired) electrons. The summed E-state index contributed by atoms with van der Waals surface area (Å²) in [7, 11) is 0. The summed E-state index contributed by atoms with van der Waals surface area (Å²) in [5, 5.41) is 0. The fourth-order valence-electron chi connectivity index (χ4n) is 2.47. The summed E-state index contributed by atoms with van der Waals surface area (Å²) in [6, 6.07) is 4.93. The molecule has 0 saturated heterocycles. The Hall–Kier alpha value is -2.37. The molecule has 0 aromatic heterocycles. The zero-order chi connectivity index (χ0) is 17.5. The SMILES string of the molecule is CCCCCOC(=O)CN1C(=O)COc2ccc(C(=O)CC)cc21. The van der Waals surface area contributed by atoms with Gasteiger partial charge in [0.1, 0.15) is 12.3 Å². The largest absolute Gasteiger partial charge is 0.482 e. The van der Waals surface area contributed by atoms with Crippen molar-refractivity contribution in [1.82, 2.24) is 0 Å². The van der Waals surface area contributed by atoms with Gasteiger partial charge in [0.2, 0.25) is 0 Å². The molecule has 0 spiro atoms. The van der Waals surface area contributed by atoms with Gasteiger partial charge in [0.05, 0.1) is 12.3 Å². The first-order valence-corrected chi connectivity index (χ1v) is 8.32. The Morgan fingerprint density at radius 1 is 1.25 bits per heavy atom. The number of ketones is 1. The van der Waals surface area contributed by atoms with E-state index < -0.39 is 5.97 Å². The fraction of sp³-hybridized carbons (Fsp3) is 0.500. The standard InChI is InChI=1S/C18H23NO5/c1-3-5-6-9-23-18(22)11-19-14-10-13(15(20)4-2)7-8-16(14)24-12-17(19)21/h7-8,10H,3-6,9,11-12H2,1-2H3. The summed E-state index contributed by atoms with van der Waals surface area (Å²) in [6.07, 6.45) is 3.22. The van der Waals surface area contributed by atoms with Crippen molar-refractivity contribution in [2.45, 2.75) is 39.5 Å². The van der Waals surface area contributed by atoms with Crippen LogP contribution in [0.4, 0.5) is 5.69 Å². The lowest BCUT2D eigenvalue weighted by Gasteiger charge is -2.29. The summed E-state index contributed by atoms with van der Waals surface area (Å²) < 4.78 is 10.5. The molecule has 1 aliphatic heterocycles. The van der Waals surface area contributed by atoms with Crippen molar-refractivity contribution in [2.75, 3.05) is 24.7 Å². The molecule has 0 saturated carbocycles. The van der Waals surface area contributed by atoms with Gasteiger partial charge in [-0.15, -0.1) is 0 Å². The molecular formula is C18H23NO5. The molecular weight excluding hydrogens is 310 g/mol. The monoisotopic (exact) mass is 333 g/mol. The first-order valence-electron chi connectivity index (χ1n) is 8.32. The maximum atomic E-state index is 12.1. The molecule has 6 nitrogen and oxygen atoms in total. The molecule has 6 heteroatoms. The minimum Gasteiger partial charge on any atom is -0.482 e. The lowest BCUT2D eigenvalue weighted by atomic mass is 10.1. The third-order valence-electron chi connectivity index (χ3n) is 3.84. The van der Waals surface area contributed by atoms with Gasteiger partial charge in [0, 0.05) is 12.0 Å². The van der Waals surface area contributed by atoms with E-state index in [-0.39, 0.29) is 24.8 Å². The van der Waals surface area contributed by atoms with Crippen LogP contribution in [-0.2, 0) is 14.3 Å². The maximum absolute atomic E-state index is 12.1.